The van der Waals surface area contributed by atoms with Crippen LogP contribution in [0.5, 0.6) is 0 Å². The first-order valence-electron chi connectivity index (χ1n) is 24.2. The number of aliphatic hydroxyl groups excluding tert-OH is 2. The van der Waals surface area contributed by atoms with Crippen LogP contribution in [0.1, 0.15) is 116 Å². The number of guanidine groups is 1. The highest BCUT2D eigenvalue weighted by atomic mass is 32.2. The van der Waals surface area contributed by atoms with Crippen molar-refractivity contribution < 1.29 is 57.9 Å². The number of rotatable bonds is 13. The van der Waals surface area contributed by atoms with Gasteiger partial charge in [-0.15, -0.1) is 4.40 Å². The van der Waals surface area contributed by atoms with Gasteiger partial charge in [0.15, 0.2) is 5.78 Å². The highest BCUT2D eigenvalue weighted by molar-refractivity contribution is 7.90. The van der Waals surface area contributed by atoms with Crippen LogP contribution in [0.25, 0.3) is 0 Å². The topological polar surface area (TPSA) is 306 Å². The van der Waals surface area contributed by atoms with Crippen molar-refractivity contribution in [2.24, 2.45) is 50.4 Å². The molecule has 7 rings (SSSR count). The number of carboxylic acid groups (broad SMARTS) is 2. The third-order valence-electron chi connectivity index (χ3n) is 15.4. The Morgan fingerprint density at radius 2 is 1.48 bits per heavy atom. The second kappa shape index (κ2) is 24.9. The summed E-state index contributed by atoms with van der Waals surface area (Å²) in [6.07, 6.45) is 16.6. The molecule has 0 amide bonds. The Labute approximate surface area is 407 Å². The average molecular weight is 984 g/mol. The van der Waals surface area contributed by atoms with Crippen molar-refractivity contribution in [3.05, 3.63) is 72.3 Å². The molecule has 11 N–H and O–H groups in total. The first kappa shape index (κ1) is 56.9. The van der Waals surface area contributed by atoms with Gasteiger partial charge in [-0.3, -0.25) is 9.59 Å². The van der Waals surface area contributed by atoms with Gasteiger partial charge in [-0.25, -0.2) is 9.59 Å². The van der Waals surface area contributed by atoms with E-state index in [-0.39, 0.29) is 52.0 Å². The summed E-state index contributed by atoms with van der Waals surface area (Å²) in [4.78, 5) is 47.1. The minimum Gasteiger partial charge on any atom is -0.478 e. The molecule has 384 valence electrons. The van der Waals surface area contributed by atoms with Gasteiger partial charge >= 0.3 is 11.9 Å². The number of anilines is 1. The molecule has 17 nitrogen and oxygen atoms in total. The minimum atomic E-state index is -3.79. The summed E-state index contributed by atoms with van der Waals surface area (Å²) in [6, 6.07) is 16.4. The SMILES string of the molecule is CN(C)CCCOC1(Cc2ccccc2)CCCCCC1.C[C@]12CC[C@@H](O)C[C@H]1CC[C@@H]1[C@@H]2C(=O)C[C@@]2(C)[C@H]1CC[C@]2(O)C(=O)CO.NC(N)=NS(=O)(=O)c1ccc(N)cc1.O=C(O)/C=C/C(=O)O. The van der Waals surface area contributed by atoms with Crippen molar-refractivity contribution in [1.29, 1.82) is 0 Å². The van der Waals surface area contributed by atoms with Crippen LogP contribution < -0.4 is 17.2 Å². The molecule has 5 aliphatic rings. The van der Waals surface area contributed by atoms with Crippen LogP contribution >= 0.6 is 0 Å². The summed E-state index contributed by atoms with van der Waals surface area (Å²) < 4.78 is 32.3. The molecular weight excluding hydrogens is 907 g/mol. The quantitative estimate of drug-likeness (QED) is 0.0324. The lowest BCUT2D eigenvalue weighted by molar-refractivity contribution is -0.180. The molecule has 0 spiro atoms. The maximum absolute atomic E-state index is 13.4. The van der Waals surface area contributed by atoms with E-state index in [4.69, 9.17) is 32.2 Å². The van der Waals surface area contributed by atoms with Crippen molar-refractivity contribution in [2.75, 3.05) is 39.6 Å². The Bertz CT molecular complexity index is 2180. The second-order valence-corrected chi connectivity index (χ2v) is 21.9. The second-order valence-electron chi connectivity index (χ2n) is 20.3. The summed E-state index contributed by atoms with van der Waals surface area (Å²) in [5.41, 5.74) is 14.9. The molecule has 69 heavy (non-hydrogen) atoms. The Balaban J connectivity index is 0.000000216. The number of fused-ring (bicyclic) bond motifs is 5. The number of nitrogens with zero attached hydrogens (tertiary/aromatic N) is 2. The maximum atomic E-state index is 13.4. The molecule has 0 radical (unpaired) electrons. The Morgan fingerprint density at radius 1 is 0.870 bits per heavy atom. The summed E-state index contributed by atoms with van der Waals surface area (Å²) in [6.45, 7) is 5.47. The van der Waals surface area contributed by atoms with E-state index in [9.17, 15) is 42.9 Å². The van der Waals surface area contributed by atoms with Gasteiger partial charge < -0.3 is 52.4 Å². The number of nitrogens with two attached hydrogens (primary N) is 3. The van der Waals surface area contributed by atoms with Gasteiger partial charge in [0.05, 0.1) is 16.6 Å². The average Bonchev–Trinajstić information content (AvgIpc) is 3.39. The van der Waals surface area contributed by atoms with E-state index in [1.165, 1.54) is 68.4 Å². The molecule has 0 bridgehead atoms. The zero-order chi connectivity index (χ0) is 51.2. The van der Waals surface area contributed by atoms with Gasteiger partial charge in [0.25, 0.3) is 10.0 Å². The summed E-state index contributed by atoms with van der Waals surface area (Å²) >= 11 is 0. The molecule has 2 aromatic carbocycles. The van der Waals surface area contributed by atoms with Crippen molar-refractivity contribution in [1.82, 2.24) is 4.90 Å². The standard InChI is InChI=1S/C21H32O5.C19H31NO.C7H10N4O2S.C4H4O4/c1-19-7-5-13(23)9-12(19)3-4-14-15-6-8-21(26,17(25)11-22)20(15,2)10-16(24)18(14)19;1-20(2)15-10-16-21-19(13-8-3-4-9-14-19)17-18-11-6-5-7-12-18;8-5-1-3-6(4-2-5)14(12,13)11-7(9)10;5-3(6)1-2-4(7)8/h12-15,18,22-23,26H,3-11H2,1-2H3;5-7,11-12H,3-4,8-10,13-17H2,1-2H3;1-4H,8H2,(H4,9,10,11);1-2H,(H,5,6)(H,7,8)/b;;;2-1+/t12-,13-,14+,15+,18-,19+,20+,21+;;;/m1.../s1. The van der Waals surface area contributed by atoms with E-state index in [2.05, 4.69) is 60.6 Å². The van der Waals surface area contributed by atoms with Crippen LogP contribution in [-0.4, -0.2) is 119 Å². The number of hydrogen-bond donors (Lipinski definition) is 8. The van der Waals surface area contributed by atoms with E-state index < -0.39 is 51.3 Å². The molecule has 0 heterocycles. The van der Waals surface area contributed by atoms with E-state index >= 15 is 0 Å². The van der Waals surface area contributed by atoms with Gasteiger partial charge in [-0.1, -0.05) is 69.9 Å². The Kier molecular flexibility index (Phi) is 20.5. The van der Waals surface area contributed by atoms with Crippen molar-refractivity contribution in [3.63, 3.8) is 0 Å². The number of ketones is 2. The number of benzene rings is 2. The number of Topliss-reactive ketones (excluding diaryl/α,β-unsaturated/α-hetero) is 2. The fourth-order valence-electron chi connectivity index (χ4n) is 12.0. The van der Waals surface area contributed by atoms with Crippen molar-refractivity contribution in [3.8, 4) is 0 Å². The lowest BCUT2D eigenvalue weighted by Crippen LogP contribution is -2.62. The number of sulfonamides is 1. The molecule has 0 unspecified atom stereocenters. The molecule has 5 saturated carbocycles. The van der Waals surface area contributed by atoms with Gasteiger partial charge in [-0.2, -0.15) is 8.42 Å². The van der Waals surface area contributed by atoms with Crippen LogP contribution in [-0.2, 0) is 40.4 Å². The minimum absolute atomic E-state index is 0.0000926. The van der Waals surface area contributed by atoms with Gasteiger partial charge in [0.2, 0.25) is 5.96 Å². The number of aliphatic carboxylic acids is 2. The third-order valence-corrected chi connectivity index (χ3v) is 16.7. The summed E-state index contributed by atoms with van der Waals surface area (Å²) in [5, 5.41) is 46.2. The highest BCUT2D eigenvalue weighted by Gasteiger charge is 2.68. The van der Waals surface area contributed by atoms with Crippen molar-refractivity contribution in [2.45, 2.75) is 139 Å². The molecule has 18 heteroatoms. The third kappa shape index (κ3) is 14.9. The molecular formula is C51H77N5O12S. The number of carbonyl (C=O) groups is 4. The zero-order valence-electron chi connectivity index (χ0n) is 40.8. The van der Waals surface area contributed by atoms with E-state index in [1.54, 1.807) is 0 Å². The van der Waals surface area contributed by atoms with Crippen LogP contribution in [0, 0.1) is 34.5 Å². The summed E-state index contributed by atoms with van der Waals surface area (Å²) in [5.74, 6) is -2.63. The highest BCUT2D eigenvalue weighted by Crippen LogP contribution is 2.67. The number of nitrogen functional groups attached to an aromatic ring is 1. The van der Waals surface area contributed by atoms with Crippen molar-refractivity contribution >= 4 is 45.2 Å². The number of ether oxygens (including phenoxy) is 1. The number of aliphatic hydroxyl groups is 3. The molecule has 2 aromatic rings. The summed E-state index contributed by atoms with van der Waals surface area (Å²) in [7, 11) is 0.467. The molecule has 0 saturated heterocycles. The maximum Gasteiger partial charge on any atom is 0.328 e. The van der Waals surface area contributed by atoms with E-state index in [0.29, 0.717) is 30.2 Å². The predicted octanol–water partition coefficient (Wildman–Crippen LogP) is 5.09. The Morgan fingerprint density at radius 3 is 2.03 bits per heavy atom. The first-order chi connectivity index (χ1) is 32.4. The molecule has 5 aliphatic carbocycles. The molecule has 0 aliphatic heterocycles. The lowest BCUT2D eigenvalue weighted by atomic mass is 9.44. The normalized spacial score (nSPS) is 29.2. The van der Waals surface area contributed by atoms with E-state index in [1.807, 2.05) is 6.92 Å². The first-order valence-corrected chi connectivity index (χ1v) is 25.6. The van der Waals surface area contributed by atoms with E-state index in [0.717, 1.165) is 64.5 Å². The number of hydrogen-bond acceptors (Lipinski definition) is 12. The van der Waals surface area contributed by atoms with Crippen LogP contribution in [0.4, 0.5) is 5.69 Å². The van der Waals surface area contributed by atoms with Crippen LogP contribution in [0.3, 0.4) is 0 Å². The van der Waals surface area contributed by atoms with Crippen LogP contribution in [0.2, 0.25) is 0 Å². The number of carboxylic acids is 2. The molecule has 0 aromatic heterocycles. The zero-order valence-corrected chi connectivity index (χ0v) is 41.6. The monoisotopic (exact) mass is 984 g/mol. The van der Waals surface area contributed by atoms with Gasteiger partial charge in [0, 0.05) is 48.6 Å². The van der Waals surface area contributed by atoms with Crippen LogP contribution in [0.15, 0.2) is 76.0 Å². The fourth-order valence-corrected chi connectivity index (χ4v) is 12.9. The smallest absolute Gasteiger partial charge is 0.328 e. The van der Waals surface area contributed by atoms with Gasteiger partial charge in [0.1, 0.15) is 18.0 Å². The lowest BCUT2D eigenvalue weighted by Gasteiger charge is -2.60. The van der Waals surface area contributed by atoms with Gasteiger partial charge in [-0.05, 0) is 138 Å². The molecule has 5 fully saturated rings. The Hall–Kier alpha value is -4.72. The molecule has 8 atom stereocenters. The fraction of sp³-hybridized carbons (Fsp3) is 0.627. The predicted molar refractivity (Wildman–Crippen MR) is 263 cm³/mol. The largest absolute Gasteiger partial charge is 0.478 e. The number of carbonyl (C=O) groups excluding carboxylic acids is 2.